The standard InChI is InChI=1S/C23H23N3O2/c1-16(27)26-13-11-17-6-2-3-8-20(17)22(26)14-23(28)24-12-10-18-15-25-21-9-5-4-7-19(18)21/h2-9,11,13,15,22,25H,10,12,14H2,1H3,(H,24,28)/t22-/m1/s1. The molecule has 0 fully saturated rings. The van der Waals surface area contributed by atoms with Gasteiger partial charge in [-0.25, -0.2) is 0 Å². The molecular formula is C23H23N3O2. The molecule has 1 atom stereocenters. The SMILES string of the molecule is CC(=O)N1C=Cc2ccccc2[C@H]1CC(=O)NCCc1c[nH]c2ccccc12. The predicted octanol–water partition coefficient (Wildman–Crippen LogP) is 3.79. The lowest BCUT2D eigenvalue weighted by atomic mass is 9.93. The van der Waals surface area contributed by atoms with Crippen molar-refractivity contribution in [3.63, 3.8) is 0 Å². The van der Waals surface area contributed by atoms with Crippen molar-refractivity contribution in [1.29, 1.82) is 0 Å². The van der Waals surface area contributed by atoms with Gasteiger partial charge in [-0.1, -0.05) is 42.5 Å². The van der Waals surface area contributed by atoms with E-state index in [0.29, 0.717) is 6.54 Å². The predicted molar refractivity (Wildman–Crippen MR) is 110 cm³/mol. The van der Waals surface area contributed by atoms with Crippen LogP contribution in [-0.4, -0.2) is 28.2 Å². The van der Waals surface area contributed by atoms with Crippen LogP contribution in [0.1, 0.15) is 36.1 Å². The maximum atomic E-state index is 12.6. The van der Waals surface area contributed by atoms with Gasteiger partial charge in [-0.15, -0.1) is 0 Å². The van der Waals surface area contributed by atoms with E-state index < -0.39 is 0 Å². The number of amides is 2. The van der Waals surface area contributed by atoms with E-state index in [1.807, 2.05) is 54.7 Å². The van der Waals surface area contributed by atoms with Crippen molar-refractivity contribution in [3.8, 4) is 0 Å². The molecule has 142 valence electrons. The first-order valence-corrected chi connectivity index (χ1v) is 9.51. The van der Waals surface area contributed by atoms with Gasteiger partial charge >= 0.3 is 0 Å². The Balaban J connectivity index is 1.41. The summed E-state index contributed by atoms with van der Waals surface area (Å²) in [6.45, 7) is 2.09. The Bertz CT molecular complexity index is 1050. The number of nitrogens with zero attached hydrogens (tertiary/aromatic N) is 1. The summed E-state index contributed by atoms with van der Waals surface area (Å²) in [5, 5.41) is 4.19. The van der Waals surface area contributed by atoms with Crippen LogP contribution < -0.4 is 5.32 Å². The highest BCUT2D eigenvalue weighted by molar-refractivity contribution is 5.84. The molecule has 5 nitrogen and oxygen atoms in total. The smallest absolute Gasteiger partial charge is 0.223 e. The van der Waals surface area contributed by atoms with Gasteiger partial charge in [0.05, 0.1) is 12.5 Å². The first-order chi connectivity index (χ1) is 13.6. The molecular weight excluding hydrogens is 350 g/mol. The molecule has 2 aromatic carbocycles. The minimum absolute atomic E-state index is 0.0544. The van der Waals surface area contributed by atoms with Crippen molar-refractivity contribution in [1.82, 2.24) is 15.2 Å². The number of para-hydroxylation sites is 1. The molecule has 2 amide bonds. The summed E-state index contributed by atoms with van der Waals surface area (Å²) < 4.78 is 0. The Morgan fingerprint density at radius 1 is 1.11 bits per heavy atom. The lowest BCUT2D eigenvalue weighted by Crippen LogP contribution is -2.35. The third kappa shape index (κ3) is 3.56. The minimum atomic E-state index is -0.271. The fourth-order valence-corrected chi connectivity index (χ4v) is 3.84. The number of hydrogen-bond acceptors (Lipinski definition) is 2. The molecule has 0 spiro atoms. The van der Waals surface area contributed by atoms with Gasteiger partial charge in [-0.2, -0.15) is 0 Å². The molecule has 0 radical (unpaired) electrons. The van der Waals surface area contributed by atoms with E-state index in [1.165, 1.54) is 17.9 Å². The van der Waals surface area contributed by atoms with Gasteiger partial charge in [0.1, 0.15) is 0 Å². The van der Waals surface area contributed by atoms with E-state index in [9.17, 15) is 9.59 Å². The number of benzene rings is 2. The highest BCUT2D eigenvalue weighted by Crippen LogP contribution is 2.32. The molecule has 2 heterocycles. The Labute approximate surface area is 164 Å². The van der Waals surface area contributed by atoms with E-state index in [-0.39, 0.29) is 24.3 Å². The van der Waals surface area contributed by atoms with E-state index in [2.05, 4.69) is 16.4 Å². The maximum absolute atomic E-state index is 12.6. The summed E-state index contributed by atoms with van der Waals surface area (Å²) in [4.78, 5) is 29.5. The van der Waals surface area contributed by atoms with E-state index >= 15 is 0 Å². The van der Waals surface area contributed by atoms with E-state index in [4.69, 9.17) is 0 Å². The topological polar surface area (TPSA) is 65.2 Å². The molecule has 2 N–H and O–H groups in total. The molecule has 5 heteroatoms. The Morgan fingerprint density at radius 3 is 2.75 bits per heavy atom. The third-order valence-corrected chi connectivity index (χ3v) is 5.24. The fourth-order valence-electron chi connectivity index (χ4n) is 3.84. The van der Waals surface area contributed by atoms with Gasteiger partial charge in [0.25, 0.3) is 0 Å². The highest BCUT2D eigenvalue weighted by atomic mass is 16.2. The van der Waals surface area contributed by atoms with Crippen LogP contribution in [0, 0.1) is 0 Å². The minimum Gasteiger partial charge on any atom is -0.361 e. The van der Waals surface area contributed by atoms with Crippen LogP contribution in [0.25, 0.3) is 17.0 Å². The second kappa shape index (κ2) is 7.72. The van der Waals surface area contributed by atoms with Crippen LogP contribution in [0.15, 0.2) is 60.9 Å². The summed E-state index contributed by atoms with van der Waals surface area (Å²) in [5.74, 6) is -0.122. The van der Waals surface area contributed by atoms with Crippen LogP contribution in [0.2, 0.25) is 0 Å². The number of carbonyl (C=O) groups excluding carboxylic acids is 2. The largest absolute Gasteiger partial charge is 0.361 e. The molecule has 1 aliphatic rings. The zero-order valence-electron chi connectivity index (χ0n) is 15.8. The van der Waals surface area contributed by atoms with Crippen molar-refractivity contribution >= 4 is 28.8 Å². The first kappa shape index (κ1) is 18.0. The van der Waals surface area contributed by atoms with Crippen molar-refractivity contribution in [2.24, 2.45) is 0 Å². The van der Waals surface area contributed by atoms with E-state index in [0.717, 1.165) is 23.1 Å². The number of rotatable bonds is 5. The number of carbonyl (C=O) groups is 2. The number of nitrogens with one attached hydrogen (secondary N) is 2. The quantitative estimate of drug-likeness (QED) is 0.715. The number of fused-ring (bicyclic) bond motifs is 2. The maximum Gasteiger partial charge on any atom is 0.223 e. The molecule has 1 aromatic heterocycles. The van der Waals surface area contributed by atoms with Crippen molar-refractivity contribution in [3.05, 3.63) is 77.6 Å². The van der Waals surface area contributed by atoms with Gasteiger partial charge in [0, 0.05) is 36.8 Å². The molecule has 0 saturated carbocycles. The van der Waals surface area contributed by atoms with Gasteiger partial charge in [-0.05, 0) is 35.3 Å². The van der Waals surface area contributed by atoms with Crippen LogP contribution in [-0.2, 0) is 16.0 Å². The van der Waals surface area contributed by atoms with Crippen LogP contribution in [0.3, 0.4) is 0 Å². The molecule has 0 bridgehead atoms. The normalized spacial score (nSPS) is 15.5. The zero-order chi connectivity index (χ0) is 19.5. The van der Waals surface area contributed by atoms with Gasteiger partial charge in [-0.3, -0.25) is 9.59 Å². The molecule has 28 heavy (non-hydrogen) atoms. The number of hydrogen-bond donors (Lipinski definition) is 2. The monoisotopic (exact) mass is 373 g/mol. The molecule has 0 aliphatic carbocycles. The Hall–Kier alpha value is -3.34. The molecule has 1 aliphatic heterocycles. The van der Waals surface area contributed by atoms with Gasteiger partial charge in [0.15, 0.2) is 0 Å². The Kier molecular flexibility index (Phi) is 4.98. The third-order valence-electron chi connectivity index (χ3n) is 5.24. The van der Waals surface area contributed by atoms with Crippen LogP contribution in [0.5, 0.6) is 0 Å². The van der Waals surface area contributed by atoms with Gasteiger partial charge < -0.3 is 15.2 Å². The lowest BCUT2D eigenvalue weighted by Gasteiger charge is -2.32. The van der Waals surface area contributed by atoms with E-state index in [1.54, 1.807) is 11.1 Å². The molecule has 4 rings (SSSR count). The zero-order valence-corrected chi connectivity index (χ0v) is 15.8. The fraction of sp³-hybridized carbons (Fsp3) is 0.217. The average Bonchev–Trinajstić information content (AvgIpc) is 3.11. The summed E-state index contributed by atoms with van der Waals surface area (Å²) in [5.41, 5.74) is 4.35. The number of H-pyrrole nitrogens is 1. The second-order valence-corrected chi connectivity index (χ2v) is 7.05. The molecule has 0 saturated heterocycles. The van der Waals surface area contributed by atoms with Gasteiger partial charge in [0.2, 0.25) is 11.8 Å². The molecule has 0 unspecified atom stereocenters. The van der Waals surface area contributed by atoms with Crippen LogP contribution in [0.4, 0.5) is 0 Å². The van der Waals surface area contributed by atoms with Crippen LogP contribution >= 0.6 is 0 Å². The first-order valence-electron chi connectivity index (χ1n) is 9.51. The van der Waals surface area contributed by atoms with Crippen molar-refractivity contribution in [2.45, 2.75) is 25.8 Å². The lowest BCUT2D eigenvalue weighted by molar-refractivity contribution is -0.129. The number of aromatic nitrogens is 1. The second-order valence-electron chi connectivity index (χ2n) is 7.05. The summed E-state index contributed by atoms with van der Waals surface area (Å²) >= 11 is 0. The number of aromatic amines is 1. The molecule has 3 aromatic rings. The summed E-state index contributed by atoms with van der Waals surface area (Å²) in [6, 6.07) is 15.8. The average molecular weight is 373 g/mol. The summed E-state index contributed by atoms with van der Waals surface area (Å²) in [6.07, 6.45) is 6.69. The van der Waals surface area contributed by atoms with Crippen molar-refractivity contribution < 1.29 is 9.59 Å². The highest BCUT2D eigenvalue weighted by Gasteiger charge is 2.27. The Morgan fingerprint density at radius 2 is 1.89 bits per heavy atom. The van der Waals surface area contributed by atoms with Crippen molar-refractivity contribution in [2.75, 3.05) is 6.54 Å². The summed E-state index contributed by atoms with van der Waals surface area (Å²) in [7, 11) is 0.